The van der Waals surface area contributed by atoms with Crippen LogP contribution in [0.1, 0.15) is 18.9 Å². The van der Waals surface area contributed by atoms with Crippen molar-refractivity contribution in [3.8, 4) is 0 Å². The van der Waals surface area contributed by atoms with Crippen molar-refractivity contribution in [2.24, 2.45) is 0 Å². The van der Waals surface area contributed by atoms with Gasteiger partial charge in [0.05, 0.1) is 0 Å². The van der Waals surface area contributed by atoms with Gasteiger partial charge in [-0.05, 0) is 31.0 Å². The van der Waals surface area contributed by atoms with Gasteiger partial charge < -0.3 is 10.4 Å². The highest BCUT2D eigenvalue weighted by molar-refractivity contribution is 9.10. The van der Waals surface area contributed by atoms with Gasteiger partial charge in [-0.2, -0.15) is 0 Å². The van der Waals surface area contributed by atoms with Gasteiger partial charge in [0.25, 0.3) is 0 Å². The molecule has 4 heteroatoms. The molecule has 2 rings (SSSR count). The molecule has 1 aromatic carbocycles. The van der Waals surface area contributed by atoms with Crippen LogP contribution < -0.4 is 5.32 Å². The zero-order valence-electron chi connectivity index (χ0n) is 8.53. The fraction of sp³-hybridized carbons (Fsp3) is 0.455. The fourth-order valence-corrected chi connectivity index (χ4v) is 2.24. The van der Waals surface area contributed by atoms with Crippen LogP contribution in [0.4, 0.5) is 0 Å². The summed E-state index contributed by atoms with van der Waals surface area (Å²) in [4.78, 5) is 0. The summed E-state index contributed by atoms with van der Waals surface area (Å²) in [6.45, 7) is 2.74. The SMILES string of the molecule is CC1CC(O)(c2ccc(Br)cc2)CN1.Cl. The maximum atomic E-state index is 10.3. The average molecular weight is 293 g/mol. The van der Waals surface area contributed by atoms with E-state index in [1.54, 1.807) is 0 Å². The topological polar surface area (TPSA) is 32.3 Å². The first-order valence-corrected chi connectivity index (χ1v) is 5.61. The molecule has 84 valence electrons. The van der Waals surface area contributed by atoms with Crippen LogP contribution in [0.25, 0.3) is 0 Å². The van der Waals surface area contributed by atoms with Crippen molar-refractivity contribution in [1.82, 2.24) is 5.32 Å². The van der Waals surface area contributed by atoms with E-state index < -0.39 is 5.60 Å². The zero-order valence-corrected chi connectivity index (χ0v) is 10.9. The van der Waals surface area contributed by atoms with E-state index in [0.717, 1.165) is 16.5 Å². The van der Waals surface area contributed by atoms with Gasteiger partial charge in [-0.3, -0.25) is 0 Å². The molecule has 1 fully saturated rings. The Hall–Kier alpha value is -0.0900. The second-order valence-electron chi connectivity index (χ2n) is 4.02. The average Bonchev–Trinajstić information content (AvgIpc) is 2.48. The lowest BCUT2D eigenvalue weighted by Crippen LogP contribution is -2.28. The maximum absolute atomic E-state index is 10.3. The molecule has 1 aromatic rings. The summed E-state index contributed by atoms with van der Waals surface area (Å²) in [5, 5.41) is 13.6. The van der Waals surface area contributed by atoms with E-state index in [2.05, 4.69) is 28.2 Å². The molecule has 2 N–H and O–H groups in total. The van der Waals surface area contributed by atoms with Crippen molar-refractivity contribution >= 4 is 28.3 Å². The molecule has 1 heterocycles. The van der Waals surface area contributed by atoms with E-state index in [0.29, 0.717) is 12.6 Å². The first-order chi connectivity index (χ1) is 6.60. The highest BCUT2D eigenvalue weighted by Crippen LogP contribution is 2.30. The second kappa shape index (κ2) is 4.83. The van der Waals surface area contributed by atoms with E-state index in [-0.39, 0.29) is 12.4 Å². The number of nitrogens with one attached hydrogen (secondary N) is 1. The third-order valence-corrected chi connectivity index (χ3v) is 3.30. The molecule has 15 heavy (non-hydrogen) atoms. The number of halogens is 2. The summed E-state index contributed by atoms with van der Waals surface area (Å²) in [6.07, 6.45) is 0.786. The van der Waals surface area contributed by atoms with Crippen molar-refractivity contribution in [3.05, 3.63) is 34.3 Å². The molecule has 1 aliphatic heterocycles. The standard InChI is InChI=1S/C11H14BrNO.ClH/c1-8-6-11(14,7-13-8)9-2-4-10(12)5-3-9;/h2-5,8,13-14H,6-7H2,1H3;1H. The molecule has 0 spiro atoms. The van der Waals surface area contributed by atoms with Crippen LogP contribution in [0.15, 0.2) is 28.7 Å². The quantitative estimate of drug-likeness (QED) is 0.833. The molecule has 0 aliphatic carbocycles. The van der Waals surface area contributed by atoms with Crippen LogP contribution in [-0.2, 0) is 5.60 Å². The van der Waals surface area contributed by atoms with Gasteiger partial charge in [-0.25, -0.2) is 0 Å². The Labute approximate surface area is 105 Å². The van der Waals surface area contributed by atoms with Crippen molar-refractivity contribution in [2.45, 2.75) is 25.0 Å². The fourth-order valence-electron chi connectivity index (χ4n) is 1.97. The third kappa shape index (κ3) is 2.72. The molecule has 0 bridgehead atoms. The summed E-state index contributed by atoms with van der Waals surface area (Å²) in [5.74, 6) is 0. The van der Waals surface area contributed by atoms with E-state index in [9.17, 15) is 5.11 Å². The minimum absolute atomic E-state index is 0. The van der Waals surface area contributed by atoms with Crippen molar-refractivity contribution in [1.29, 1.82) is 0 Å². The van der Waals surface area contributed by atoms with E-state index in [1.807, 2.05) is 24.3 Å². The maximum Gasteiger partial charge on any atom is 0.103 e. The first-order valence-electron chi connectivity index (χ1n) is 4.82. The Balaban J connectivity index is 0.00000112. The summed E-state index contributed by atoms with van der Waals surface area (Å²) < 4.78 is 1.05. The summed E-state index contributed by atoms with van der Waals surface area (Å²) in [7, 11) is 0. The molecular weight excluding hydrogens is 277 g/mol. The Morgan fingerprint density at radius 3 is 2.47 bits per heavy atom. The van der Waals surface area contributed by atoms with Gasteiger partial charge in [0, 0.05) is 17.1 Å². The minimum Gasteiger partial charge on any atom is -0.384 e. The van der Waals surface area contributed by atoms with Gasteiger partial charge in [-0.15, -0.1) is 12.4 Å². The Kier molecular flexibility index (Phi) is 4.18. The van der Waals surface area contributed by atoms with E-state index in [1.165, 1.54) is 0 Å². The Morgan fingerprint density at radius 2 is 2.00 bits per heavy atom. The van der Waals surface area contributed by atoms with Crippen LogP contribution in [0, 0.1) is 0 Å². The van der Waals surface area contributed by atoms with Gasteiger partial charge in [0.15, 0.2) is 0 Å². The number of hydrogen-bond acceptors (Lipinski definition) is 2. The van der Waals surface area contributed by atoms with Crippen LogP contribution in [-0.4, -0.2) is 17.7 Å². The van der Waals surface area contributed by atoms with E-state index in [4.69, 9.17) is 0 Å². The normalized spacial score (nSPS) is 29.9. The van der Waals surface area contributed by atoms with Crippen molar-refractivity contribution in [2.75, 3.05) is 6.54 Å². The Bertz CT molecular complexity index is 330. The van der Waals surface area contributed by atoms with Gasteiger partial charge >= 0.3 is 0 Å². The summed E-state index contributed by atoms with van der Waals surface area (Å²) in [5.41, 5.74) is 0.317. The highest BCUT2D eigenvalue weighted by atomic mass is 79.9. The van der Waals surface area contributed by atoms with Gasteiger partial charge in [-0.1, -0.05) is 28.1 Å². The number of benzene rings is 1. The predicted octanol–water partition coefficient (Wildman–Crippen LogP) is 2.44. The first kappa shape index (κ1) is 13.0. The summed E-state index contributed by atoms with van der Waals surface area (Å²) >= 11 is 3.39. The molecule has 2 nitrogen and oxygen atoms in total. The molecule has 2 unspecified atom stereocenters. The van der Waals surface area contributed by atoms with Gasteiger partial charge in [0.2, 0.25) is 0 Å². The molecule has 0 saturated carbocycles. The lowest BCUT2D eigenvalue weighted by atomic mass is 9.92. The zero-order chi connectivity index (χ0) is 10.2. The molecule has 0 radical (unpaired) electrons. The third-order valence-electron chi connectivity index (χ3n) is 2.77. The van der Waals surface area contributed by atoms with Crippen LogP contribution in [0.5, 0.6) is 0 Å². The number of aliphatic hydroxyl groups is 1. The molecule has 0 amide bonds. The largest absolute Gasteiger partial charge is 0.384 e. The summed E-state index contributed by atoms with van der Waals surface area (Å²) in [6, 6.07) is 8.28. The number of β-amino-alcohol motifs (C(OH)–C–C–N with tert-alkyl or cyclic N) is 1. The Morgan fingerprint density at radius 1 is 1.40 bits per heavy atom. The second-order valence-corrected chi connectivity index (χ2v) is 4.94. The molecular formula is C11H15BrClNO. The highest BCUT2D eigenvalue weighted by Gasteiger charge is 2.36. The monoisotopic (exact) mass is 291 g/mol. The lowest BCUT2D eigenvalue weighted by Gasteiger charge is -2.22. The molecule has 0 aromatic heterocycles. The van der Waals surface area contributed by atoms with Crippen LogP contribution in [0.2, 0.25) is 0 Å². The molecule has 1 saturated heterocycles. The van der Waals surface area contributed by atoms with Gasteiger partial charge in [0.1, 0.15) is 5.60 Å². The smallest absolute Gasteiger partial charge is 0.103 e. The predicted molar refractivity (Wildman–Crippen MR) is 67.4 cm³/mol. The number of hydrogen-bond donors (Lipinski definition) is 2. The van der Waals surface area contributed by atoms with E-state index >= 15 is 0 Å². The van der Waals surface area contributed by atoms with Crippen molar-refractivity contribution in [3.63, 3.8) is 0 Å². The van der Waals surface area contributed by atoms with Crippen LogP contribution >= 0.6 is 28.3 Å². The molecule has 1 aliphatic rings. The minimum atomic E-state index is -0.680. The number of rotatable bonds is 1. The van der Waals surface area contributed by atoms with Crippen LogP contribution in [0.3, 0.4) is 0 Å². The van der Waals surface area contributed by atoms with Crippen molar-refractivity contribution < 1.29 is 5.11 Å². The molecule has 2 atom stereocenters. The lowest BCUT2D eigenvalue weighted by molar-refractivity contribution is 0.0565.